The number of hydrogen-bond acceptors (Lipinski definition) is 6. The molecule has 0 fully saturated rings. The second-order valence-corrected chi connectivity index (χ2v) is 7.75. The van der Waals surface area contributed by atoms with Gasteiger partial charge in [0.2, 0.25) is 0 Å². The van der Waals surface area contributed by atoms with E-state index in [1.54, 1.807) is 48.5 Å². The van der Waals surface area contributed by atoms with Gasteiger partial charge in [0.15, 0.2) is 11.4 Å². The smallest absolute Gasteiger partial charge is 0.343 e. The molecule has 3 unspecified atom stereocenters. The Balaban J connectivity index is 0.000000257. The van der Waals surface area contributed by atoms with Crippen LogP contribution in [-0.4, -0.2) is 51.7 Å². The van der Waals surface area contributed by atoms with E-state index >= 15 is 0 Å². The van der Waals surface area contributed by atoms with Crippen molar-refractivity contribution in [2.45, 2.75) is 17.9 Å². The molecule has 178 valence electrons. The van der Waals surface area contributed by atoms with Gasteiger partial charge in [0.05, 0.1) is 13.0 Å². The first-order valence-electron chi connectivity index (χ1n) is 10.1. The number of aliphatic hydroxyl groups is 1. The summed E-state index contributed by atoms with van der Waals surface area (Å²) in [6.07, 6.45) is 5.11. The van der Waals surface area contributed by atoms with Crippen molar-refractivity contribution in [3.05, 3.63) is 95.1 Å². The first-order chi connectivity index (χ1) is 16.1. The van der Waals surface area contributed by atoms with Gasteiger partial charge in [-0.3, -0.25) is 14.4 Å². The molecule has 1 aliphatic rings. The number of ether oxygens (including phenoxy) is 1. The van der Waals surface area contributed by atoms with E-state index in [-0.39, 0.29) is 12.2 Å². The van der Waals surface area contributed by atoms with Crippen molar-refractivity contribution in [3.8, 4) is 0 Å². The van der Waals surface area contributed by atoms with Gasteiger partial charge in [0, 0.05) is 17.0 Å². The quantitative estimate of drug-likeness (QED) is 0.399. The summed E-state index contributed by atoms with van der Waals surface area (Å²) in [4.78, 5) is 45.4. The van der Waals surface area contributed by atoms with Crippen molar-refractivity contribution < 1.29 is 39.2 Å². The van der Waals surface area contributed by atoms with E-state index in [0.29, 0.717) is 16.1 Å². The zero-order chi connectivity index (χ0) is 25.3. The number of methoxy groups -OCH3 is 1. The molecule has 0 aliphatic heterocycles. The third-order valence-corrected chi connectivity index (χ3v) is 5.29. The Morgan fingerprint density at radius 1 is 1.03 bits per heavy atom. The molecule has 0 heterocycles. The van der Waals surface area contributed by atoms with Crippen molar-refractivity contribution >= 4 is 35.3 Å². The highest BCUT2D eigenvalue weighted by atomic mass is 35.5. The highest BCUT2D eigenvalue weighted by Gasteiger charge is 2.46. The van der Waals surface area contributed by atoms with E-state index in [1.165, 1.54) is 18.2 Å². The summed E-state index contributed by atoms with van der Waals surface area (Å²) in [5.41, 5.74) is -1.05. The van der Waals surface area contributed by atoms with E-state index < -0.39 is 35.3 Å². The topological polar surface area (TPSA) is 138 Å². The predicted octanol–water partition coefficient (Wildman–Crippen LogP) is 3.50. The number of Topliss-reactive ketones (excluding diaryl/α,β-unsaturated/α-hetero) is 1. The molecule has 3 atom stereocenters. The Morgan fingerprint density at radius 3 is 2.26 bits per heavy atom. The number of aliphatic carboxylic acids is 2. The molecule has 3 rings (SSSR count). The molecule has 1 aliphatic carbocycles. The van der Waals surface area contributed by atoms with Crippen LogP contribution >= 0.6 is 11.6 Å². The van der Waals surface area contributed by atoms with E-state index in [2.05, 4.69) is 4.74 Å². The molecular weight excluding hydrogens is 464 g/mol. The maximum absolute atomic E-state index is 12.1. The van der Waals surface area contributed by atoms with Crippen LogP contribution in [-0.2, 0) is 19.1 Å². The van der Waals surface area contributed by atoms with Crippen molar-refractivity contribution in [2.75, 3.05) is 7.11 Å². The molecule has 0 radical (unpaired) electrons. The lowest BCUT2D eigenvalue weighted by Gasteiger charge is -2.27. The number of carboxylic acids is 2. The zero-order valence-corrected chi connectivity index (χ0v) is 18.9. The molecular formula is C25H23ClO8. The van der Waals surface area contributed by atoms with Crippen LogP contribution in [0.4, 0.5) is 0 Å². The lowest BCUT2D eigenvalue weighted by Crippen LogP contribution is -2.48. The molecule has 9 heteroatoms. The van der Waals surface area contributed by atoms with Crippen LogP contribution in [0.1, 0.15) is 28.3 Å². The average molecular weight is 487 g/mol. The Kier molecular flexibility index (Phi) is 9.29. The minimum absolute atomic E-state index is 0.0836. The van der Waals surface area contributed by atoms with E-state index in [0.717, 1.165) is 13.2 Å². The number of esters is 1. The summed E-state index contributed by atoms with van der Waals surface area (Å²) in [6, 6.07) is 15.3. The van der Waals surface area contributed by atoms with Gasteiger partial charge in [-0.05, 0) is 23.8 Å². The fourth-order valence-corrected chi connectivity index (χ4v) is 3.45. The lowest BCUT2D eigenvalue weighted by atomic mass is 9.84. The Morgan fingerprint density at radius 2 is 1.71 bits per heavy atom. The standard InChI is InChI=1S/C16H13ClO3.C9H10O5/c17-13-8-4-7-12(9-13)14(16(19)20)10-15(18)11-5-2-1-3-6-11;1-14-8(12)9(13)5-3-2-4-6(9)7(10)11/h1-9,14H,10H2,(H,19,20);2-6,13H,1H3,(H,10,11). The minimum atomic E-state index is -2.10. The highest BCUT2D eigenvalue weighted by Crippen LogP contribution is 2.26. The second-order valence-electron chi connectivity index (χ2n) is 7.32. The molecule has 2 aromatic rings. The fourth-order valence-electron chi connectivity index (χ4n) is 3.26. The van der Waals surface area contributed by atoms with E-state index in [1.807, 2.05) is 6.07 Å². The SMILES string of the molecule is COC(=O)C1(O)C=CC=CC1C(=O)O.O=C(CC(C(=O)O)c1cccc(Cl)c1)c1ccccc1. The summed E-state index contributed by atoms with van der Waals surface area (Å²) in [6.45, 7) is 0. The third kappa shape index (κ3) is 6.63. The number of rotatable bonds is 7. The highest BCUT2D eigenvalue weighted by molar-refractivity contribution is 6.30. The molecule has 0 amide bonds. The largest absolute Gasteiger partial charge is 0.481 e. The first-order valence-corrected chi connectivity index (χ1v) is 10.4. The van der Waals surface area contributed by atoms with Gasteiger partial charge >= 0.3 is 17.9 Å². The van der Waals surface area contributed by atoms with Crippen molar-refractivity contribution in [2.24, 2.45) is 5.92 Å². The van der Waals surface area contributed by atoms with Crippen LogP contribution in [0.25, 0.3) is 0 Å². The number of carboxylic acid groups (broad SMARTS) is 2. The van der Waals surface area contributed by atoms with E-state index in [4.69, 9.17) is 16.7 Å². The number of halogens is 1. The maximum atomic E-state index is 12.1. The van der Waals surface area contributed by atoms with Gasteiger partial charge in [-0.2, -0.15) is 0 Å². The molecule has 0 saturated carbocycles. The van der Waals surface area contributed by atoms with Crippen LogP contribution < -0.4 is 0 Å². The van der Waals surface area contributed by atoms with Gasteiger partial charge in [-0.1, -0.05) is 72.3 Å². The number of carbonyl (C=O) groups is 4. The zero-order valence-electron chi connectivity index (χ0n) is 18.1. The molecule has 8 nitrogen and oxygen atoms in total. The number of allylic oxidation sites excluding steroid dienone is 2. The lowest BCUT2D eigenvalue weighted by molar-refractivity contribution is -0.168. The average Bonchev–Trinajstić information content (AvgIpc) is 2.82. The fraction of sp³-hybridized carbons (Fsp3) is 0.200. The van der Waals surface area contributed by atoms with Crippen LogP contribution in [0.15, 0.2) is 78.9 Å². The third-order valence-electron chi connectivity index (χ3n) is 5.05. The Labute approximate surface area is 200 Å². The van der Waals surface area contributed by atoms with Crippen molar-refractivity contribution in [1.29, 1.82) is 0 Å². The normalized spacial score (nSPS) is 19.3. The summed E-state index contributed by atoms with van der Waals surface area (Å²) in [5, 5.41) is 28.3. The molecule has 0 bridgehead atoms. The first kappa shape index (κ1) is 26.5. The Bertz CT molecular complexity index is 1110. The second kappa shape index (κ2) is 11.9. The monoisotopic (exact) mass is 486 g/mol. The summed E-state index contributed by atoms with van der Waals surface area (Å²) in [7, 11) is 1.09. The van der Waals surface area contributed by atoms with Crippen LogP contribution in [0.3, 0.4) is 0 Å². The van der Waals surface area contributed by atoms with Crippen molar-refractivity contribution in [3.63, 3.8) is 0 Å². The minimum Gasteiger partial charge on any atom is -0.481 e. The molecule has 2 aromatic carbocycles. The van der Waals surface area contributed by atoms with Gasteiger partial charge in [-0.15, -0.1) is 0 Å². The summed E-state index contributed by atoms with van der Waals surface area (Å²) < 4.78 is 4.34. The van der Waals surface area contributed by atoms with Crippen molar-refractivity contribution in [1.82, 2.24) is 0 Å². The molecule has 0 aromatic heterocycles. The number of carbonyl (C=O) groups excluding carboxylic acids is 2. The summed E-state index contributed by atoms with van der Waals surface area (Å²) >= 11 is 5.87. The van der Waals surface area contributed by atoms with Crippen LogP contribution in [0.5, 0.6) is 0 Å². The molecule has 3 N–H and O–H groups in total. The van der Waals surface area contributed by atoms with Crippen LogP contribution in [0, 0.1) is 5.92 Å². The molecule has 0 spiro atoms. The van der Waals surface area contributed by atoms with Gasteiger partial charge < -0.3 is 20.1 Å². The van der Waals surface area contributed by atoms with Gasteiger partial charge in [0.1, 0.15) is 5.92 Å². The predicted molar refractivity (Wildman–Crippen MR) is 124 cm³/mol. The van der Waals surface area contributed by atoms with Gasteiger partial charge in [0.25, 0.3) is 0 Å². The number of benzene rings is 2. The maximum Gasteiger partial charge on any atom is 0.343 e. The number of hydrogen-bond donors (Lipinski definition) is 3. The van der Waals surface area contributed by atoms with Crippen LogP contribution in [0.2, 0.25) is 5.02 Å². The summed E-state index contributed by atoms with van der Waals surface area (Å²) in [5.74, 6) is -5.68. The molecule has 0 saturated heterocycles. The Hall–Kier alpha value is -3.75. The molecule has 34 heavy (non-hydrogen) atoms. The van der Waals surface area contributed by atoms with Gasteiger partial charge in [-0.25, -0.2) is 4.79 Å². The van der Waals surface area contributed by atoms with E-state index in [9.17, 15) is 29.4 Å². The number of ketones is 1.